The molecule has 0 aliphatic carbocycles. The van der Waals surface area contributed by atoms with Gasteiger partial charge in [-0.2, -0.15) is 0 Å². The van der Waals surface area contributed by atoms with Crippen LogP contribution in [0, 0.1) is 6.92 Å². The van der Waals surface area contributed by atoms with Crippen molar-refractivity contribution < 1.29 is 14.4 Å². The van der Waals surface area contributed by atoms with Gasteiger partial charge in [0.2, 0.25) is 0 Å². The number of ether oxygens (including phenoxy) is 1. The maximum atomic E-state index is 12.7. The zero-order chi connectivity index (χ0) is 21.1. The minimum atomic E-state index is -0.403. The third kappa shape index (κ3) is 4.41. The average Bonchev–Trinajstić information content (AvgIpc) is 3.05. The van der Waals surface area contributed by atoms with Crippen LogP contribution in [0.3, 0.4) is 0 Å². The van der Waals surface area contributed by atoms with E-state index in [9.17, 15) is 9.59 Å². The molecular formula is C22H28N3O3S+. The lowest BCUT2D eigenvalue weighted by atomic mass is 10.1. The Kier molecular flexibility index (Phi) is 6.49. The largest absolute Gasteiger partial charge is 0.462 e. The Hall–Kier alpha value is -2.51. The second kappa shape index (κ2) is 8.88. The third-order valence-corrected chi connectivity index (χ3v) is 6.51. The average molecular weight is 415 g/mol. The van der Waals surface area contributed by atoms with Gasteiger partial charge in [-0.25, -0.2) is 9.78 Å². The molecule has 3 aromatic rings. The van der Waals surface area contributed by atoms with Crippen molar-refractivity contribution >= 4 is 27.5 Å². The highest BCUT2D eigenvalue weighted by Gasteiger charge is 2.24. The highest BCUT2D eigenvalue weighted by atomic mass is 32.1. The van der Waals surface area contributed by atoms with Crippen LogP contribution in [-0.4, -0.2) is 29.6 Å². The SMILES string of the molecule is CCOC(=O)c1sc2nc([C@H](C)[NH+](C)Cc3ccc(CC)cc3)[nH]c(=O)c2c1C. The van der Waals surface area contributed by atoms with Crippen molar-refractivity contribution in [2.45, 2.75) is 46.7 Å². The van der Waals surface area contributed by atoms with Crippen LogP contribution in [-0.2, 0) is 17.7 Å². The standard InChI is InChI=1S/C22H27N3O3S/c1-6-15-8-10-16(11-9-15)12-25(5)14(4)19-23-20(26)17-13(3)18(22(27)28-7-2)29-21(17)24-19/h8-11,14H,6-7,12H2,1-5H3,(H,23,24,26)/p+1/t14-/m0/s1. The number of H-pyrrole nitrogens is 1. The molecule has 7 heteroatoms. The van der Waals surface area contributed by atoms with Gasteiger partial charge in [0.25, 0.3) is 5.56 Å². The summed E-state index contributed by atoms with van der Waals surface area (Å²) in [6.07, 6.45) is 1.03. The molecule has 0 aliphatic heterocycles. The number of aromatic amines is 1. The van der Waals surface area contributed by atoms with E-state index < -0.39 is 5.97 Å². The number of aromatic nitrogens is 2. The van der Waals surface area contributed by atoms with Crippen LogP contribution in [0.4, 0.5) is 0 Å². The van der Waals surface area contributed by atoms with Crippen LogP contribution in [0.5, 0.6) is 0 Å². The number of benzene rings is 1. The first-order chi connectivity index (χ1) is 13.8. The number of thiophene rings is 1. The summed E-state index contributed by atoms with van der Waals surface area (Å²) in [7, 11) is 2.09. The molecule has 0 aliphatic rings. The Balaban J connectivity index is 1.88. The monoisotopic (exact) mass is 414 g/mol. The summed E-state index contributed by atoms with van der Waals surface area (Å²) >= 11 is 1.22. The molecule has 0 radical (unpaired) electrons. The van der Waals surface area contributed by atoms with E-state index in [1.165, 1.54) is 27.4 Å². The normalized spacial score (nSPS) is 13.4. The van der Waals surface area contributed by atoms with Crippen LogP contribution < -0.4 is 10.5 Å². The van der Waals surface area contributed by atoms with Gasteiger partial charge in [0.1, 0.15) is 22.3 Å². The fraction of sp³-hybridized carbons (Fsp3) is 0.409. The first-order valence-corrected chi connectivity index (χ1v) is 10.8. The molecule has 2 atom stereocenters. The minimum absolute atomic E-state index is 0.00796. The Morgan fingerprint density at radius 3 is 2.52 bits per heavy atom. The molecule has 0 saturated carbocycles. The Morgan fingerprint density at radius 1 is 1.24 bits per heavy atom. The molecule has 0 spiro atoms. The summed E-state index contributed by atoms with van der Waals surface area (Å²) in [6.45, 7) is 8.84. The van der Waals surface area contributed by atoms with Gasteiger partial charge in [-0.3, -0.25) is 4.79 Å². The Bertz CT molecular complexity index is 1070. The van der Waals surface area contributed by atoms with E-state index in [4.69, 9.17) is 4.74 Å². The number of carbonyl (C=O) groups is 1. The molecule has 29 heavy (non-hydrogen) atoms. The van der Waals surface area contributed by atoms with Crippen molar-refractivity contribution in [3.63, 3.8) is 0 Å². The Morgan fingerprint density at radius 2 is 1.90 bits per heavy atom. The zero-order valence-electron chi connectivity index (χ0n) is 17.6. The summed E-state index contributed by atoms with van der Waals surface area (Å²) in [5.41, 5.74) is 2.99. The molecule has 3 rings (SSSR count). The molecule has 1 unspecified atom stereocenters. The Labute approximate surface area is 174 Å². The predicted octanol–water partition coefficient (Wildman–Crippen LogP) is 2.81. The van der Waals surface area contributed by atoms with Gasteiger partial charge in [-0.15, -0.1) is 11.3 Å². The quantitative estimate of drug-likeness (QED) is 0.583. The van der Waals surface area contributed by atoms with Crippen molar-refractivity contribution in [2.75, 3.05) is 13.7 Å². The van der Waals surface area contributed by atoms with Crippen molar-refractivity contribution in [3.8, 4) is 0 Å². The number of carbonyl (C=O) groups excluding carboxylic acids is 1. The molecule has 1 aromatic carbocycles. The van der Waals surface area contributed by atoms with E-state index in [1.54, 1.807) is 13.8 Å². The molecule has 0 amide bonds. The molecule has 0 saturated heterocycles. The third-order valence-electron chi connectivity index (χ3n) is 5.34. The van der Waals surface area contributed by atoms with Gasteiger partial charge in [0.05, 0.1) is 19.0 Å². The van der Waals surface area contributed by atoms with Gasteiger partial charge < -0.3 is 14.6 Å². The number of nitrogens with zero attached hydrogens (tertiary/aromatic N) is 1. The van der Waals surface area contributed by atoms with Gasteiger partial charge in [-0.1, -0.05) is 31.2 Å². The van der Waals surface area contributed by atoms with E-state index in [0.717, 1.165) is 13.0 Å². The molecular weight excluding hydrogens is 386 g/mol. The molecule has 0 bridgehead atoms. The summed E-state index contributed by atoms with van der Waals surface area (Å²) in [5, 5.41) is 0.474. The number of esters is 1. The first kappa shape index (κ1) is 21.2. The fourth-order valence-corrected chi connectivity index (χ4v) is 4.44. The van der Waals surface area contributed by atoms with Crippen molar-refractivity contribution in [2.24, 2.45) is 0 Å². The molecule has 0 fully saturated rings. The van der Waals surface area contributed by atoms with Gasteiger partial charge in [0.15, 0.2) is 5.82 Å². The lowest BCUT2D eigenvalue weighted by Gasteiger charge is -2.21. The van der Waals surface area contributed by atoms with E-state index in [0.29, 0.717) is 33.1 Å². The van der Waals surface area contributed by atoms with E-state index >= 15 is 0 Å². The molecule has 2 aromatic heterocycles. The summed E-state index contributed by atoms with van der Waals surface area (Å²) in [5.74, 6) is 0.224. The van der Waals surface area contributed by atoms with Crippen LogP contribution >= 0.6 is 11.3 Å². The van der Waals surface area contributed by atoms with Crippen LogP contribution in [0.1, 0.15) is 59.0 Å². The number of aryl methyl sites for hydroxylation is 2. The summed E-state index contributed by atoms with van der Waals surface area (Å²) in [6, 6.07) is 8.62. The first-order valence-electron chi connectivity index (χ1n) is 9.96. The maximum absolute atomic E-state index is 12.7. The lowest BCUT2D eigenvalue weighted by Crippen LogP contribution is -3.07. The number of quaternary nitrogens is 1. The van der Waals surface area contributed by atoms with E-state index in [-0.39, 0.29) is 11.6 Å². The molecule has 2 heterocycles. The topological polar surface area (TPSA) is 76.5 Å². The van der Waals surface area contributed by atoms with Crippen LogP contribution in [0.25, 0.3) is 10.2 Å². The van der Waals surface area contributed by atoms with Gasteiger partial charge >= 0.3 is 5.97 Å². The number of fused-ring (bicyclic) bond motifs is 1. The number of hydrogen-bond donors (Lipinski definition) is 2. The van der Waals surface area contributed by atoms with Crippen molar-refractivity contribution in [1.82, 2.24) is 9.97 Å². The highest BCUT2D eigenvalue weighted by molar-refractivity contribution is 7.20. The number of hydrogen-bond acceptors (Lipinski definition) is 5. The smallest absolute Gasteiger partial charge is 0.348 e. The summed E-state index contributed by atoms with van der Waals surface area (Å²) < 4.78 is 5.10. The van der Waals surface area contributed by atoms with Crippen molar-refractivity contribution in [3.05, 3.63) is 62.0 Å². The van der Waals surface area contributed by atoms with Gasteiger partial charge in [0, 0.05) is 5.56 Å². The van der Waals surface area contributed by atoms with E-state index in [1.807, 2.05) is 6.92 Å². The summed E-state index contributed by atoms with van der Waals surface area (Å²) in [4.78, 5) is 34.7. The highest BCUT2D eigenvalue weighted by Crippen LogP contribution is 2.28. The maximum Gasteiger partial charge on any atom is 0.348 e. The number of nitrogens with one attached hydrogen (secondary N) is 2. The van der Waals surface area contributed by atoms with Crippen LogP contribution in [0.15, 0.2) is 29.1 Å². The lowest BCUT2D eigenvalue weighted by molar-refractivity contribution is -0.924. The fourth-order valence-electron chi connectivity index (χ4n) is 3.36. The second-order valence-corrected chi connectivity index (χ2v) is 8.32. The zero-order valence-corrected chi connectivity index (χ0v) is 18.4. The van der Waals surface area contributed by atoms with Crippen molar-refractivity contribution in [1.29, 1.82) is 0 Å². The molecule has 154 valence electrons. The second-order valence-electron chi connectivity index (χ2n) is 7.32. The van der Waals surface area contributed by atoms with E-state index in [2.05, 4.69) is 48.2 Å². The predicted molar refractivity (Wildman–Crippen MR) is 116 cm³/mol. The number of rotatable bonds is 7. The molecule has 2 N–H and O–H groups in total. The minimum Gasteiger partial charge on any atom is -0.462 e. The van der Waals surface area contributed by atoms with Crippen LogP contribution in [0.2, 0.25) is 0 Å². The molecule has 6 nitrogen and oxygen atoms in total. The van der Waals surface area contributed by atoms with Gasteiger partial charge in [-0.05, 0) is 38.3 Å².